The van der Waals surface area contributed by atoms with Gasteiger partial charge in [-0.05, 0) is 37.9 Å². The summed E-state index contributed by atoms with van der Waals surface area (Å²) >= 11 is 0. The molecular formula is C19H27FN4O2. The number of nitrogens with zero attached hydrogens (tertiary/aromatic N) is 1. The van der Waals surface area contributed by atoms with Gasteiger partial charge in [-0.1, -0.05) is 6.07 Å². The Kier molecular flexibility index (Phi) is 5.76. The molecule has 3 N–H and O–H groups in total. The molecule has 2 aliphatic heterocycles. The summed E-state index contributed by atoms with van der Waals surface area (Å²) in [6.45, 7) is 4.30. The number of fused-ring (bicyclic) bond motifs is 1. The molecular weight excluding hydrogens is 335 g/mol. The van der Waals surface area contributed by atoms with Crippen molar-refractivity contribution in [3.8, 4) is 0 Å². The first-order chi connectivity index (χ1) is 12.5. The summed E-state index contributed by atoms with van der Waals surface area (Å²) in [5.41, 5.74) is 2.30. The van der Waals surface area contributed by atoms with Crippen molar-refractivity contribution in [2.45, 2.75) is 44.7 Å². The van der Waals surface area contributed by atoms with Crippen LogP contribution in [0.1, 0.15) is 30.4 Å². The fourth-order valence-corrected chi connectivity index (χ4v) is 3.79. The predicted octanol–water partition coefficient (Wildman–Crippen LogP) is 1.19. The predicted molar refractivity (Wildman–Crippen MR) is 98.5 cm³/mol. The van der Waals surface area contributed by atoms with Crippen molar-refractivity contribution in [3.63, 3.8) is 0 Å². The summed E-state index contributed by atoms with van der Waals surface area (Å²) in [5, 5.41) is 8.90. The van der Waals surface area contributed by atoms with E-state index in [0.717, 1.165) is 37.2 Å². The lowest BCUT2D eigenvalue weighted by Crippen LogP contribution is -2.51. The summed E-state index contributed by atoms with van der Waals surface area (Å²) in [6.07, 6.45) is 2.76. The van der Waals surface area contributed by atoms with E-state index in [1.165, 1.54) is 6.07 Å². The fraction of sp³-hybridized carbons (Fsp3) is 0.579. The molecule has 0 aromatic heterocycles. The van der Waals surface area contributed by atoms with Crippen molar-refractivity contribution in [2.75, 3.05) is 32.0 Å². The van der Waals surface area contributed by atoms with Gasteiger partial charge in [0.1, 0.15) is 11.9 Å². The highest BCUT2D eigenvalue weighted by Crippen LogP contribution is 2.31. The van der Waals surface area contributed by atoms with Gasteiger partial charge < -0.3 is 20.9 Å². The van der Waals surface area contributed by atoms with Crippen LogP contribution in [0.15, 0.2) is 12.1 Å². The van der Waals surface area contributed by atoms with Gasteiger partial charge in [0.2, 0.25) is 11.8 Å². The van der Waals surface area contributed by atoms with Crippen LogP contribution in [0.4, 0.5) is 10.1 Å². The fourth-order valence-electron chi connectivity index (χ4n) is 3.79. The second-order valence-electron chi connectivity index (χ2n) is 7.19. The van der Waals surface area contributed by atoms with Gasteiger partial charge in [-0.15, -0.1) is 0 Å². The maximum Gasteiger partial charge on any atom is 0.243 e. The monoisotopic (exact) mass is 362 g/mol. The number of amides is 2. The van der Waals surface area contributed by atoms with Crippen LogP contribution in [0, 0.1) is 12.7 Å². The molecule has 142 valence electrons. The number of hydrogen-bond acceptors (Lipinski definition) is 4. The molecule has 2 heterocycles. The van der Waals surface area contributed by atoms with E-state index < -0.39 is 6.04 Å². The zero-order chi connectivity index (χ0) is 18.7. The summed E-state index contributed by atoms with van der Waals surface area (Å²) in [5.74, 6) is -0.314. The van der Waals surface area contributed by atoms with E-state index in [4.69, 9.17) is 0 Å². The van der Waals surface area contributed by atoms with Gasteiger partial charge in [0.15, 0.2) is 0 Å². The molecule has 1 saturated heterocycles. The van der Waals surface area contributed by atoms with E-state index in [1.54, 1.807) is 13.1 Å². The number of nitrogens with one attached hydrogen (secondary N) is 3. The molecule has 7 heteroatoms. The molecule has 2 amide bonds. The minimum absolute atomic E-state index is 0.0291. The van der Waals surface area contributed by atoms with Gasteiger partial charge in [0, 0.05) is 50.3 Å². The average molecular weight is 362 g/mol. The van der Waals surface area contributed by atoms with Gasteiger partial charge >= 0.3 is 0 Å². The lowest BCUT2D eigenvalue weighted by molar-refractivity contribution is -0.123. The Morgan fingerprint density at radius 2 is 2.19 bits per heavy atom. The zero-order valence-electron chi connectivity index (χ0n) is 15.4. The topological polar surface area (TPSA) is 73.5 Å². The molecule has 6 nitrogen and oxygen atoms in total. The number of rotatable bonds is 5. The number of benzene rings is 1. The van der Waals surface area contributed by atoms with Crippen LogP contribution >= 0.6 is 0 Å². The molecule has 1 aromatic rings. The molecule has 1 fully saturated rings. The number of hydrogen-bond donors (Lipinski definition) is 3. The van der Waals surface area contributed by atoms with Crippen molar-refractivity contribution in [3.05, 3.63) is 29.1 Å². The first-order valence-corrected chi connectivity index (χ1v) is 9.25. The molecule has 2 atom stereocenters. The standard InChI is InChI=1S/C19H27FN4O2/c1-12-5-6-15(20)14-10-16(23-18(12)14)19(26)22-13-4-3-8-24(11-13)9-7-17(25)21-2/h5-6,13,16,23H,3-4,7-11H2,1-2H3,(H,21,25)(H,22,26). The summed E-state index contributed by atoms with van der Waals surface area (Å²) in [7, 11) is 1.64. The smallest absolute Gasteiger partial charge is 0.243 e. The first kappa shape index (κ1) is 18.6. The maximum atomic E-state index is 14.0. The van der Waals surface area contributed by atoms with Gasteiger partial charge in [0.25, 0.3) is 0 Å². The molecule has 1 aromatic carbocycles. The van der Waals surface area contributed by atoms with E-state index >= 15 is 0 Å². The summed E-state index contributed by atoms with van der Waals surface area (Å²) in [4.78, 5) is 26.3. The molecule has 3 rings (SSSR count). The molecule has 2 aliphatic rings. The minimum Gasteiger partial charge on any atom is -0.373 e. The van der Waals surface area contributed by atoms with E-state index in [9.17, 15) is 14.0 Å². The van der Waals surface area contributed by atoms with Gasteiger partial charge in [-0.3, -0.25) is 9.59 Å². The van der Waals surface area contributed by atoms with Gasteiger partial charge in [-0.2, -0.15) is 0 Å². The zero-order valence-corrected chi connectivity index (χ0v) is 15.4. The van der Waals surface area contributed by atoms with Crippen molar-refractivity contribution in [1.29, 1.82) is 0 Å². The third-order valence-electron chi connectivity index (χ3n) is 5.29. The Labute approximate surface area is 153 Å². The largest absolute Gasteiger partial charge is 0.373 e. The van der Waals surface area contributed by atoms with Crippen LogP contribution in [-0.2, 0) is 16.0 Å². The van der Waals surface area contributed by atoms with Gasteiger partial charge in [0.05, 0.1) is 0 Å². The molecule has 0 bridgehead atoms. The van der Waals surface area contributed by atoms with E-state index in [1.807, 2.05) is 6.92 Å². The van der Waals surface area contributed by atoms with Crippen LogP contribution in [0.5, 0.6) is 0 Å². The molecule has 0 aliphatic carbocycles. The van der Waals surface area contributed by atoms with Crippen molar-refractivity contribution in [1.82, 2.24) is 15.5 Å². The third kappa shape index (κ3) is 4.15. The molecule has 0 saturated carbocycles. The number of aryl methyl sites for hydroxylation is 1. The van der Waals surface area contributed by atoms with Crippen LogP contribution in [0.2, 0.25) is 0 Å². The minimum atomic E-state index is -0.429. The molecule has 0 radical (unpaired) electrons. The average Bonchev–Trinajstić information content (AvgIpc) is 3.10. The Hall–Kier alpha value is -2.15. The number of likely N-dealkylation sites (tertiary alicyclic amines) is 1. The number of piperidine rings is 1. The SMILES string of the molecule is CNC(=O)CCN1CCCC(NC(=O)C2Cc3c(F)ccc(C)c3N2)C1. The number of carbonyl (C=O) groups is 2. The second-order valence-corrected chi connectivity index (χ2v) is 7.19. The van der Waals surface area contributed by atoms with E-state index in [0.29, 0.717) is 24.9 Å². The van der Waals surface area contributed by atoms with E-state index in [2.05, 4.69) is 20.9 Å². The third-order valence-corrected chi connectivity index (χ3v) is 5.29. The Morgan fingerprint density at radius 3 is 2.92 bits per heavy atom. The summed E-state index contributed by atoms with van der Waals surface area (Å²) < 4.78 is 14.0. The molecule has 26 heavy (non-hydrogen) atoms. The van der Waals surface area contributed by atoms with Gasteiger partial charge in [-0.25, -0.2) is 4.39 Å². The van der Waals surface area contributed by atoms with Crippen molar-refractivity contribution >= 4 is 17.5 Å². The van der Waals surface area contributed by atoms with Crippen LogP contribution in [0.25, 0.3) is 0 Å². The Morgan fingerprint density at radius 1 is 1.38 bits per heavy atom. The number of halogens is 1. The lowest BCUT2D eigenvalue weighted by atomic mass is 10.0. The Bertz CT molecular complexity index is 663. The van der Waals surface area contributed by atoms with Crippen LogP contribution in [-0.4, -0.2) is 55.5 Å². The molecule has 2 unspecified atom stereocenters. The first-order valence-electron chi connectivity index (χ1n) is 9.25. The van der Waals surface area contributed by atoms with Crippen molar-refractivity contribution < 1.29 is 14.0 Å². The van der Waals surface area contributed by atoms with E-state index in [-0.39, 0.29) is 23.7 Å². The highest BCUT2D eigenvalue weighted by molar-refractivity contribution is 5.88. The van der Waals surface area contributed by atoms with Crippen LogP contribution < -0.4 is 16.0 Å². The maximum absolute atomic E-state index is 14.0. The van der Waals surface area contributed by atoms with Crippen molar-refractivity contribution in [2.24, 2.45) is 0 Å². The molecule has 0 spiro atoms. The normalized spacial score (nSPS) is 22.4. The summed E-state index contributed by atoms with van der Waals surface area (Å²) in [6, 6.07) is 2.83. The highest BCUT2D eigenvalue weighted by Gasteiger charge is 2.32. The number of carbonyl (C=O) groups excluding carboxylic acids is 2. The highest BCUT2D eigenvalue weighted by atomic mass is 19.1. The Balaban J connectivity index is 1.53. The lowest BCUT2D eigenvalue weighted by Gasteiger charge is -2.33. The quantitative estimate of drug-likeness (QED) is 0.736. The van der Waals surface area contributed by atoms with Crippen LogP contribution in [0.3, 0.4) is 0 Å². The second kappa shape index (κ2) is 8.03. The number of anilines is 1.